The summed E-state index contributed by atoms with van der Waals surface area (Å²) >= 11 is 6.39. The first kappa shape index (κ1) is 21.9. The van der Waals surface area contributed by atoms with E-state index in [4.69, 9.17) is 16.0 Å². The third kappa shape index (κ3) is 4.45. The van der Waals surface area contributed by atoms with Crippen LogP contribution in [0.3, 0.4) is 0 Å². The molecule has 1 aromatic heterocycles. The molecule has 0 fully saturated rings. The standard InChI is InChI=1S/C29H23ClN2O2/c1-18(2)22-13-15-27-26(16-22)32-29(34-27)23-12-14-24(30)25(17-23)31-28(33)21-10-8-20(9-11-21)19-6-4-3-5-7-19/h3-18H,1-2H3,(H,31,33). The summed E-state index contributed by atoms with van der Waals surface area (Å²) in [5.41, 5.74) is 6.67. The average Bonchev–Trinajstić information content (AvgIpc) is 3.29. The van der Waals surface area contributed by atoms with E-state index in [-0.39, 0.29) is 5.91 Å². The third-order valence-corrected chi connectivity index (χ3v) is 6.12. The second-order valence-electron chi connectivity index (χ2n) is 8.49. The Morgan fingerprint density at radius 2 is 1.56 bits per heavy atom. The van der Waals surface area contributed by atoms with Crippen molar-refractivity contribution in [1.29, 1.82) is 0 Å². The molecule has 1 heterocycles. The molecular formula is C29H23ClN2O2. The van der Waals surface area contributed by atoms with Crippen molar-refractivity contribution in [3.8, 4) is 22.6 Å². The molecule has 0 atom stereocenters. The number of fused-ring (bicyclic) bond motifs is 1. The Balaban J connectivity index is 1.39. The minimum atomic E-state index is -0.238. The Bertz CT molecular complexity index is 1470. The number of nitrogens with zero attached hydrogens (tertiary/aromatic N) is 1. The molecule has 5 aromatic rings. The number of aromatic nitrogens is 1. The quantitative estimate of drug-likeness (QED) is 0.284. The monoisotopic (exact) mass is 466 g/mol. The molecule has 0 aliphatic rings. The van der Waals surface area contributed by atoms with Crippen LogP contribution in [0.15, 0.2) is 95.4 Å². The minimum Gasteiger partial charge on any atom is -0.436 e. The van der Waals surface area contributed by atoms with Gasteiger partial charge in [0.1, 0.15) is 5.52 Å². The van der Waals surface area contributed by atoms with Gasteiger partial charge in [0.25, 0.3) is 5.91 Å². The molecule has 34 heavy (non-hydrogen) atoms. The number of benzene rings is 4. The van der Waals surface area contributed by atoms with Crippen molar-refractivity contribution in [3.05, 3.63) is 107 Å². The van der Waals surface area contributed by atoms with E-state index in [9.17, 15) is 4.79 Å². The first-order valence-corrected chi connectivity index (χ1v) is 11.5. The van der Waals surface area contributed by atoms with E-state index < -0.39 is 0 Å². The summed E-state index contributed by atoms with van der Waals surface area (Å²) in [4.78, 5) is 17.5. The van der Waals surface area contributed by atoms with Crippen molar-refractivity contribution in [3.63, 3.8) is 0 Å². The number of oxazole rings is 1. The number of hydrogen-bond donors (Lipinski definition) is 1. The molecule has 168 valence electrons. The first-order chi connectivity index (χ1) is 16.5. The number of amides is 1. The lowest BCUT2D eigenvalue weighted by Gasteiger charge is -2.09. The van der Waals surface area contributed by atoms with Gasteiger partial charge in [0, 0.05) is 11.1 Å². The molecule has 4 aromatic carbocycles. The van der Waals surface area contributed by atoms with Crippen LogP contribution in [-0.4, -0.2) is 10.9 Å². The molecule has 0 spiro atoms. The van der Waals surface area contributed by atoms with Crippen molar-refractivity contribution in [2.45, 2.75) is 19.8 Å². The second-order valence-corrected chi connectivity index (χ2v) is 8.90. The molecule has 5 heteroatoms. The van der Waals surface area contributed by atoms with Crippen molar-refractivity contribution < 1.29 is 9.21 Å². The van der Waals surface area contributed by atoms with Crippen molar-refractivity contribution in [2.24, 2.45) is 0 Å². The van der Waals surface area contributed by atoms with E-state index >= 15 is 0 Å². The van der Waals surface area contributed by atoms with Gasteiger partial charge in [-0.15, -0.1) is 0 Å². The zero-order chi connectivity index (χ0) is 23.7. The summed E-state index contributed by atoms with van der Waals surface area (Å²) < 4.78 is 5.96. The molecule has 0 unspecified atom stereocenters. The fraction of sp³-hybridized carbons (Fsp3) is 0.103. The van der Waals surface area contributed by atoms with E-state index in [0.717, 1.165) is 27.8 Å². The van der Waals surface area contributed by atoms with Gasteiger partial charge in [0.15, 0.2) is 5.58 Å². The zero-order valence-corrected chi connectivity index (χ0v) is 19.6. The Hall–Kier alpha value is -3.89. The molecule has 1 N–H and O–H groups in total. The van der Waals surface area contributed by atoms with Gasteiger partial charge in [-0.1, -0.05) is 74.0 Å². The molecule has 0 aliphatic heterocycles. The van der Waals surface area contributed by atoms with Crippen LogP contribution in [0.5, 0.6) is 0 Å². The Kier molecular flexibility index (Phi) is 5.91. The Labute approximate surface area is 203 Å². The number of carbonyl (C=O) groups excluding carboxylic acids is 1. The minimum absolute atomic E-state index is 0.238. The van der Waals surface area contributed by atoms with Crippen LogP contribution in [0.25, 0.3) is 33.7 Å². The van der Waals surface area contributed by atoms with Crippen LogP contribution in [0.2, 0.25) is 5.02 Å². The molecular weight excluding hydrogens is 444 g/mol. The van der Waals surface area contributed by atoms with Crippen molar-refractivity contribution in [2.75, 3.05) is 5.32 Å². The van der Waals surface area contributed by atoms with Crippen LogP contribution in [0, 0.1) is 0 Å². The number of hydrogen-bond acceptors (Lipinski definition) is 3. The first-order valence-electron chi connectivity index (χ1n) is 11.2. The topological polar surface area (TPSA) is 55.1 Å². The SMILES string of the molecule is CC(C)c1ccc2oc(-c3ccc(Cl)c(NC(=O)c4ccc(-c5ccccc5)cc4)c3)nc2c1. The fourth-order valence-electron chi connectivity index (χ4n) is 3.82. The van der Waals surface area contributed by atoms with Crippen molar-refractivity contribution >= 4 is 34.3 Å². The summed E-state index contributed by atoms with van der Waals surface area (Å²) in [6, 6.07) is 28.9. The number of rotatable bonds is 5. The summed E-state index contributed by atoms with van der Waals surface area (Å²) in [5, 5.41) is 3.35. The van der Waals surface area contributed by atoms with Gasteiger partial charge in [-0.3, -0.25) is 4.79 Å². The number of halogens is 1. The highest BCUT2D eigenvalue weighted by Crippen LogP contribution is 2.32. The van der Waals surface area contributed by atoms with Crippen LogP contribution in [-0.2, 0) is 0 Å². The summed E-state index contributed by atoms with van der Waals surface area (Å²) in [6.45, 7) is 4.29. The molecule has 0 saturated heterocycles. The molecule has 0 radical (unpaired) electrons. The van der Waals surface area contributed by atoms with Crippen LogP contribution in [0.1, 0.15) is 35.7 Å². The van der Waals surface area contributed by atoms with E-state index in [2.05, 4.69) is 30.2 Å². The summed E-state index contributed by atoms with van der Waals surface area (Å²) in [6.07, 6.45) is 0. The van der Waals surface area contributed by atoms with Crippen LogP contribution < -0.4 is 5.32 Å². The lowest BCUT2D eigenvalue weighted by Crippen LogP contribution is -2.12. The Morgan fingerprint density at radius 3 is 2.29 bits per heavy atom. The summed E-state index contributed by atoms with van der Waals surface area (Å²) in [7, 11) is 0. The average molecular weight is 467 g/mol. The highest BCUT2D eigenvalue weighted by atomic mass is 35.5. The number of nitrogens with one attached hydrogen (secondary N) is 1. The molecule has 5 rings (SSSR count). The van der Waals surface area contributed by atoms with Gasteiger partial charge in [-0.25, -0.2) is 4.98 Å². The summed E-state index contributed by atoms with van der Waals surface area (Å²) in [5.74, 6) is 0.650. The van der Waals surface area contributed by atoms with E-state index in [1.807, 2.05) is 72.8 Å². The van der Waals surface area contributed by atoms with Crippen LogP contribution in [0.4, 0.5) is 5.69 Å². The smallest absolute Gasteiger partial charge is 0.255 e. The van der Waals surface area contributed by atoms with E-state index in [1.165, 1.54) is 5.56 Å². The van der Waals surface area contributed by atoms with Gasteiger partial charge in [0.2, 0.25) is 5.89 Å². The predicted octanol–water partition coefficient (Wildman–Crippen LogP) is 8.19. The molecule has 4 nitrogen and oxygen atoms in total. The number of carbonyl (C=O) groups is 1. The molecule has 1 amide bonds. The second kappa shape index (κ2) is 9.16. The van der Waals surface area contributed by atoms with Gasteiger partial charge in [-0.05, 0) is 65.1 Å². The highest BCUT2D eigenvalue weighted by molar-refractivity contribution is 6.34. The maximum atomic E-state index is 12.9. The fourth-order valence-corrected chi connectivity index (χ4v) is 3.99. The van der Waals surface area contributed by atoms with E-state index in [1.54, 1.807) is 12.1 Å². The largest absolute Gasteiger partial charge is 0.436 e. The van der Waals surface area contributed by atoms with Gasteiger partial charge in [-0.2, -0.15) is 0 Å². The van der Waals surface area contributed by atoms with Crippen LogP contribution >= 0.6 is 11.6 Å². The molecule has 0 bridgehead atoms. The normalized spacial score (nSPS) is 11.2. The van der Waals surface area contributed by atoms with Gasteiger partial charge >= 0.3 is 0 Å². The van der Waals surface area contributed by atoms with Gasteiger partial charge < -0.3 is 9.73 Å². The van der Waals surface area contributed by atoms with Gasteiger partial charge in [0.05, 0.1) is 10.7 Å². The lowest BCUT2D eigenvalue weighted by molar-refractivity contribution is 0.102. The van der Waals surface area contributed by atoms with Crippen molar-refractivity contribution in [1.82, 2.24) is 4.98 Å². The lowest BCUT2D eigenvalue weighted by atomic mass is 10.0. The molecule has 0 aliphatic carbocycles. The maximum Gasteiger partial charge on any atom is 0.255 e. The number of anilines is 1. The third-order valence-electron chi connectivity index (χ3n) is 5.79. The maximum absolute atomic E-state index is 12.9. The highest BCUT2D eigenvalue weighted by Gasteiger charge is 2.14. The Morgan fingerprint density at radius 1 is 0.853 bits per heavy atom. The zero-order valence-electron chi connectivity index (χ0n) is 18.9. The van der Waals surface area contributed by atoms with E-state index in [0.29, 0.717) is 28.1 Å². The predicted molar refractivity (Wildman–Crippen MR) is 138 cm³/mol. The molecule has 0 saturated carbocycles.